The van der Waals surface area contributed by atoms with E-state index in [0.717, 1.165) is 94.3 Å². The molecule has 0 aliphatic carbocycles. The summed E-state index contributed by atoms with van der Waals surface area (Å²) >= 11 is 0. The Hall–Kier alpha value is -6.26. The molecule has 1 aliphatic rings. The Balaban J connectivity index is 1.02. The summed E-state index contributed by atoms with van der Waals surface area (Å²) in [5.74, 6) is 2.69. The maximum Gasteiger partial charge on any atom is 0.199 e. The summed E-state index contributed by atoms with van der Waals surface area (Å²) in [5, 5.41) is 27.0. The van der Waals surface area contributed by atoms with E-state index in [2.05, 4.69) is 91.5 Å². The van der Waals surface area contributed by atoms with Crippen molar-refractivity contribution in [2.45, 2.75) is 32.2 Å². The van der Waals surface area contributed by atoms with E-state index in [9.17, 15) is 5.11 Å². The molecule has 10 heteroatoms. The number of pyridine rings is 3. The Morgan fingerprint density at radius 1 is 0.941 bits per heavy atom. The second-order valence-electron chi connectivity index (χ2n) is 12.9. The van der Waals surface area contributed by atoms with Gasteiger partial charge in [-0.1, -0.05) is 79.4 Å². The number of likely N-dealkylation sites (tertiary alicyclic amines) is 1. The summed E-state index contributed by atoms with van der Waals surface area (Å²) in [6, 6.07) is 29.2. The van der Waals surface area contributed by atoms with Gasteiger partial charge in [-0.15, -0.1) is 10.2 Å². The molecular weight excluding hydrogens is 635 g/mol. The molecule has 1 saturated heterocycles. The number of aliphatic hydroxyl groups is 1. The van der Waals surface area contributed by atoms with Gasteiger partial charge in [0, 0.05) is 41.4 Å². The van der Waals surface area contributed by atoms with Crippen molar-refractivity contribution < 1.29 is 5.11 Å². The molecule has 0 radical (unpaired) electrons. The van der Waals surface area contributed by atoms with E-state index in [4.69, 9.17) is 9.97 Å². The van der Waals surface area contributed by atoms with E-state index in [-0.39, 0.29) is 5.76 Å². The lowest BCUT2D eigenvalue weighted by molar-refractivity contribution is 0.202. The number of nitrogens with zero attached hydrogens (tertiary/aromatic N) is 8. The minimum atomic E-state index is -0.00233. The van der Waals surface area contributed by atoms with Gasteiger partial charge in [0.15, 0.2) is 17.3 Å². The van der Waals surface area contributed by atoms with E-state index in [1.165, 1.54) is 11.6 Å². The van der Waals surface area contributed by atoms with E-state index in [1.807, 2.05) is 53.9 Å². The first-order valence-electron chi connectivity index (χ1n) is 17.1. The van der Waals surface area contributed by atoms with Gasteiger partial charge in [0.05, 0.1) is 11.2 Å². The number of H-pyrrole nitrogens is 1. The SMILES string of the molecule is C=C(O)/C=C\C=C(/C)c1nnc2c3cc(-c4ccccc4)c(-c4ccc(CN5CCC(c6nc(-c7ccccn7)n[nH]6)CC5)cc4)nc3ccn12. The molecule has 6 heterocycles. The topological polar surface area (TPSA) is 121 Å². The molecule has 0 atom stereocenters. The highest BCUT2D eigenvalue weighted by atomic mass is 16.3. The number of aromatic amines is 1. The Morgan fingerprint density at radius 3 is 2.51 bits per heavy atom. The largest absolute Gasteiger partial charge is 0.509 e. The standard InChI is InChI=1S/C41H37N9O/c1-27(9-8-10-28(2)51)40-47-48-41-34-25-33(30-11-4-3-5-12-30)37(43-35(34)20-24-50(40)41)31-16-14-29(15-17-31)26-49-22-18-32(19-23-49)38-44-39(46-45-38)36-13-6-7-21-42-36/h3-17,20-21,24-25,32,51H,2,18-19,22-23,26H2,1H3,(H,44,45,46)/b10-8-,27-9+. The van der Waals surface area contributed by atoms with Gasteiger partial charge in [0.2, 0.25) is 0 Å². The quantitative estimate of drug-likeness (QED) is 0.116. The minimum absolute atomic E-state index is 0.00233. The fourth-order valence-corrected chi connectivity index (χ4v) is 6.76. The van der Waals surface area contributed by atoms with Crippen molar-refractivity contribution in [1.82, 2.24) is 44.6 Å². The fraction of sp³-hybridized carbons (Fsp3) is 0.171. The third-order valence-electron chi connectivity index (χ3n) is 9.45. The number of hydrogen-bond donors (Lipinski definition) is 2. The molecule has 0 unspecified atom stereocenters. The van der Waals surface area contributed by atoms with Gasteiger partial charge in [-0.2, -0.15) is 5.10 Å². The van der Waals surface area contributed by atoms with Crippen LogP contribution in [0.2, 0.25) is 0 Å². The molecule has 2 N–H and O–H groups in total. The lowest BCUT2D eigenvalue weighted by Crippen LogP contribution is -2.32. The number of hydrogen-bond acceptors (Lipinski definition) is 8. The molecule has 7 aromatic rings. The van der Waals surface area contributed by atoms with Crippen LogP contribution in [0.3, 0.4) is 0 Å². The lowest BCUT2D eigenvalue weighted by atomic mass is 9.95. The van der Waals surface area contributed by atoms with Gasteiger partial charge < -0.3 is 5.11 Å². The number of allylic oxidation sites excluding steroid dienone is 4. The minimum Gasteiger partial charge on any atom is -0.509 e. The van der Waals surface area contributed by atoms with Crippen LogP contribution >= 0.6 is 0 Å². The predicted octanol–water partition coefficient (Wildman–Crippen LogP) is 8.20. The van der Waals surface area contributed by atoms with Crippen LogP contribution < -0.4 is 0 Å². The number of rotatable bonds is 9. The van der Waals surface area contributed by atoms with Crippen molar-refractivity contribution in [3.8, 4) is 33.9 Å². The zero-order valence-corrected chi connectivity index (χ0v) is 28.3. The molecule has 2 aromatic carbocycles. The van der Waals surface area contributed by atoms with Crippen molar-refractivity contribution >= 4 is 22.1 Å². The van der Waals surface area contributed by atoms with Crippen molar-refractivity contribution in [2.75, 3.05) is 13.1 Å². The summed E-state index contributed by atoms with van der Waals surface area (Å²) in [7, 11) is 0. The monoisotopic (exact) mass is 671 g/mol. The van der Waals surface area contributed by atoms with Gasteiger partial charge in [-0.05, 0) is 79.9 Å². The molecule has 0 spiro atoms. The Kier molecular flexibility index (Phi) is 8.73. The zero-order chi connectivity index (χ0) is 34.7. The number of nitrogens with one attached hydrogen (secondary N) is 1. The molecule has 1 fully saturated rings. The maximum atomic E-state index is 9.40. The Morgan fingerprint density at radius 2 is 1.75 bits per heavy atom. The first kappa shape index (κ1) is 32.0. The molecule has 8 rings (SSSR count). The van der Waals surface area contributed by atoms with Crippen LogP contribution in [0.5, 0.6) is 0 Å². The van der Waals surface area contributed by atoms with Crippen LogP contribution in [0.15, 0.2) is 128 Å². The molecule has 0 amide bonds. The highest BCUT2D eigenvalue weighted by Gasteiger charge is 2.24. The number of benzene rings is 2. The average molecular weight is 672 g/mol. The number of aliphatic hydroxyl groups excluding tert-OH is 1. The van der Waals surface area contributed by atoms with E-state index in [1.54, 1.807) is 12.3 Å². The Bertz CT molecular complexity index is 2390. The molecule has 0 bridgehead atoms. The first-order valence-corrected chi connectivity index (χ1v) is 17.1. The Labute approximate surface area is 295 Å². The second-order valence-corrected chi connectivity index (χ2v) is 12.9. The molecule has 0 saturated carbocycles. The third-order valence-corrected chi connectivity index (χ3v) is 9.45. The maximum absolute atomic E-state index is 9.40. The highest BCUT2D eigenvalue weighted by molar-refractivity contribution is 5.98. The summed E-state index contributed by atoms with van der Waals surface area (Å²) in [6.07, 6.45) is 11.0. The van der Waals surface area contributed by atoms with Crippen LogP contribution in [-0.4, -0.2) is 62.8 Å². The number of aromatic nitrogens is 8. The summed E-state index contributed by atoms with van der Waals surface area (Å²) in [4.78, 5) is 16.9. The van der Waals surface area contributed by atoms with Gasteiger partial charge in [-0.3, -0.25) is 19.4 Å². The first-order chi connectivity index (χ1) is 25.0. The van der Waals surface area contributed by atoms with Crippen molar-refractivity contribution in [3.63, 3.8) is 0 Å². The fourth-order valence-electron chi connectivity index (χ4n) is 6.76. The lowest BCUT2D eigenvalue weighted by Gasteiger charge is -2.31. The van der Waals surface area contributed by atoms with Crippen LogP contribution in [0, 0.1) is 0 Å². The highest BCUT2D eigenvalue weighted by Crippen LogP contribution is 2.35. The summed E-state index contributed by atoms with van der Waals surface area (Å²) in [6.45, 7) is 8.36. The number of fused-ring (bicyclic) bond motifs is 3. The van der Waals surface area contributed by atoms with Crippen LogP contribution in [-0.2, 0) is 6.54 Å². The summed E-state index contributed by atoms with van der Waals surface area (Å²) < 4.78 is 1.98. The molecule has 1 aliphatic heterocycles. The number of piperidine rings is 1. The van der Waals surface area contributed by atoms with Crippen LogP contribution in [0.25, 0.3) is 56.0 Å². The van der Waals surface area contributed by atoms with Gasteiger partial charge in [0.25, 0.3) is 0 Å². The summed E-state index contributed by atoms with van der Waals surface area (Å²) in [5.41, 5.74) is 8.65. The smallest absolute Gasteiger partial charge is 0.199 e. The van der Waals surface area contributed by atoms with Crippen LogP contribution in [0.4, 0.5) is 0 Å². The third kappa shape index (κ3) is 6.69. The molecule has 10 nitrogen and oxygen atoms in total. The van der Waals surface area contributed by atoms with Gasteiger partial charge in [0.1, 0.15) is 17.3 Å². The normalized spacial score (nSPS) is 14.6. The average Bonchev–Trinajstić information content (AvgIpc) is 3.84. The predicted molar refractivity (Wildman–Crippen MR) is 201 cm³/mol. The van der Waals surface area contributed by atoms with Gasteiger partial charge >= 0.3 is 0 Å². The van der Waals surface area contributed by atoms with E-state index < -0.39 is 0 Å². The second kappa shape index (κ2) is 13.9. The van der Waals surface area contributed by atoms with Crippen molar-refractivity contribution in [3.05, 3.63) is 145 Å². The molecule has 5 aromatic heterocycles. The van der Waals surface area contributed by atoms with Crippen molar-refractivity contribution in [1.29, 1.82) is 0 Å². The van der Waals surface area contributed by atoms with E-state index >= 15 is 0 Å². The molecule has 51 heavy (non-hydrogen) atoms. The zero-order valence-electron chi connectivity index (χ0n) is 28.3. The molecular formula is C41H37N9O. The molecule has 252 valence electrons. The van der Waals surface area contributed by atoms with Crippen molar-refractivity contribution in [2.24, 2.45) is 0 Å². The van der Waals surface area contributed by atoms with E-state index in [0.29, 0.717) is 11.7 Å². The van der Waals surface area contributed by atoms with Crippen LogP contribution in [0.1, 0.15) is 42.9 Å². The van der Waals surface area contributed by atoms with Gasteiger partial charge in [-0.25, -0.2) is 9.97 Å².